The summed E-state index contributed by atoms with van der Waals surface area (Å²) in [6, 6.07) is 1.96. The van der Waals surface area contributed by atoms with Gasteiger partial charge in [-0.2, -0.15) is 0 Å². The van der Waals surface area contributed by atoms with Crippen molar-refractivity contribution < 1.29 is 9.53 Å². The minimum Gasteiger partial charge on any atom is -0.449 e. The van der Waals surface area contributed by atoms with Crippen molar-refractivity contribution in [3.63, 3.8) is 0 Å². The average molecular weight is 259 g/mol. The Balaban J connectivity index is 1.99. The van der Waals surface area contributed by atoms with Gasteiger partial charge in [0.2, 0.25) is 0 Å². The third-order valence-corrected chi connectivity index (χ3v) is 2.59. The Morgan fingerprint density at radius 1 is 1.64 bits per heavy atom. The molecule has 0 bridgehead atoms. The van der Waals surface area contributed by atoms with E-state index in [0.29, 0.717) is 13.2 Å². The molecule has 1 fully saturated rings. The molecule has 76 valence electrons. The van der Waals surface area contributed by atoms with Crippen molar-refractivity contribution in [3.8, 4) is 0 Å². The summed E-state index contributed by atoms with van der Waals surface area (Å²) in [6.45, 7) is 1.94. The maximum atomic E-state index is 11.3. The summed E-state index contributed by atoms with van der Waals surface area (Å²) in [4.78, 5) is 16.0. The number of nitrogens with one attached hydrogen (secondary N) is 1. The van der Waals surface area contributed by atoms with Crippen molar-refractivity contribution in [3.05, 3.63) is 22.4 Å². The van der Waals surface area contributed by atoms with Gasteiger partial charge in [-0.05, 0) is 34.0 Å². The highest BCUT2D eigenvalue weighted by Crippen LogP contribution is 2.14. The molecule has 4 nitrogen and oxygen atoms in total. The smallest absolute Gasteiger partial charge is 0.410 e. The topological polar surface area (TPSA) is 45.3 Å². The Bertz CT molecular complexity index is 337. The first-order valence-corrected chi connectivity index (χ1v) is 5.29. The second-order valence-electron chi connectivity index (χ2n) is 3.25. The minimum absolute atomic E-state index is 0.214. The lowest BCUT2D eigenvalue weighted by Crippen LogP contribution is -2.36. The zero-order chi connectivity index (χ0) is 9.97. The van der Waals surface area contributed by atoms with E-state index in [2.05, 4.69) is 20.9 Å². The first-order chi connectivity index (χ1) is 6.75. The summed E-state index contributed by atoms with van der Waals surface area (Å²) in [5.41, 5.74) is 1.08. The number of hydrogen-bond donors (Lipinski definition) is 1. The fourth-order valence-corrected chi connectivity index (χ4v) is 1.87. The van der Waals surface area contributed by atoms with Gasteiger partial charge < -0.3 is 14.6 Å². The molecule has 2 heterocycles. The first kappa shape index (κ1) is 9.58. The number of rotatable bonds is 2. The number of hydrogen-bond acceptors (Lipinski definition) is 2. The molecule has 1 aromatic heterocycles. The molecule has 2 rings (SSSR count). The Morgan fingerprint density at radius 3 is 3.14 bits per heavy atom. The number of H-pyrrole nitrogens is 1. The van der Waals surface area contributed by atoms with Crippen molar-refractivity contribution in [1.82, 2.24) is 9.88 Å². The van der Waals surface area contributed by atoms with Gasteiger partial charge in [0.1, 0.15) is 0 Å². The third kappa shape index (κ3) is 2.09. The highest BCUT2D eigenvalue weighted by atomic mass is 79.9. The predicted octanol–water partition coefficient (Wildman–Crippen LogP) is 2.12. The molecule has 1 amide bonds. The van der Waals surface area contributed by atoms with Crippen LogP contribution in [0, 0.1) is 0 Å². The van der Waals surface area contributed by atoms with Crippen molar-refractivity contribution in [2.24, 2.45) is 0 Å². The number of carbonyl (C=O) groups is 1. The van der Waals surface area contributed by atoms with E-state index in [0.717, 1.165) is 23.1 Å². The molecule has 1 N–H and O–H groups in total. The van der Waals surface area contributed by atoms with Crippen LogP contribution in [0.1, 0.15) is 12.0 Å². The van der Waals surface area contributed by atoms with Crippen LogP contribution in [0.15, 0.2) is 16.9 Å². The fourth-order valence-electron chi connectivity index (χ4n) is 1.46. The molecule has 0 aliphatic carbocycles. The molecule has 0 atom stereocenters. The van der Waals surface area contributed by atoms with E-state index in [4.69, 9.17) is 4.74 Å². The number of amides is 1. The van der Waals surface area contributed by atoms with Crippen LogP contribution in [0.2, 0.25) is 0 Å². The van der Waals surface area contributed by atoms with Gasteiger partial charge in [-0.15, -0.1) is 0 Å². The number of nitrogens with zero attached hydrogens (tertiary/aromatic N) is 1. The zero-order valence-electron chi connectivity index (χ0n) is 7.62. The first-order valence-electron chi connectivity index (χ1n) is 4.50. The van der Waals surface area contributed by atoms with Crippen LogP contribution in [0.5, 0.6) is 0 Å². The van der Waals surface area contributed by atoms with Gasteiger partial charge in [-0.1, -0.05) is 0 Å². The molecular formula is C9H11BrN2O2. The molecule has 1 aliphatic rings. The van der Waals surface area contributed by atoms with E-state index in [-0.39, 0.29) is 6.09 Å². The number of halogens is 1. The van der Waals surface area contributed by atoms with E-state index in [1.54, 1.807) is 4.90 Å². The Morgan fingerprint density at radius 2 is 2.50 bits per heavy atom. The summed E-state index contributed by atoms with van der Waals surface area (Å²) < 4.78 is 5.86. The van der Waals surface area contributed by atoms with Crippen molar-refractivity contribution >= 4 is 22.0 Å². The molecule has 0 aromatic carbocycles. The Kier molecular flexibility index (Phi) is 2.77. The number of aromatic nitrogens is 1. The van der Waals surface area contributed by atoms with Gasteiger partial charge in [0, 0.05) is 12.7 Å². The number of aromatic amines is 1. The summed E-state index contributed by atoms with van der Waals surface area (Å²) in [5.74, 6) is 0. The lowest BCUT2D eigenvalue weighted by atomic mass is 10.3. The van der Waals surface area contributed by atoms with Gasteiger partial charge in [0.15, 0.2) is 0 Å². The zero-order valence-corrected chi connectivity index (χ0v) is 9.21. The Labute approximate surface area is 90.4 Å². The largest absolute Gasteiger partial charge is 0.449 e. The van der Waals surface area contributed by atoms with Crippen molar-refractivity contribution in [2.45, 2.75) is 13.0 Å². The fraction of sp³-hybridized carbons (Fsp3) is 0.444. The molecule has 1 aliphatic heterocycles. The highest BCUT2D eigenvalue weighted by Gasteiger charge is 2.19. The quantitative estimate of drug-likeness (QED) is 0.884. The van der Waals surface area contributed by atoms with Crippen LogP contribution >= 0.6 is 15.9 Å². The lowest BCUT2D eigenvalue weighted by molar-refractivity contribution is 0.0700. The van der Waals surface area contributed by atoms with E-state index in [1.807, 2.05) is 12.3 Å². The van der Waals surface area contributed by atoms with Gasteiger partial charge in [-0.3, -0.25) is 0 Å². The molecule has 1 saturated heterocycles. The van der Waals surface area contributed by atoms with Crippen LogP contribution in [-0.2, 0) is 11.3 Å². The van der Waals surface area contributed by atoms with Crippen LogP contribution < -0.4 is 0 Å². The Hall–Kier alpha value is -0.970. The van der Waals surface area contributed by atoms with Crippen LogP contribution in [0.3, 0.4) is 0 Å². The summed E-state index contributed by atoms with van der Waals surface area (Å²) in [6.07, 6.45) is 2.58. The average Bonchev–Trinajstić information content (AvgIpc) is 2.56. The molecule has 14 heavy (non-hydrogen) atoms. The summed E-state index contributed by atoms with van der Waals surface area (Å²) >= 11 is 3.32. The summed E-state index contributed by atoms with van der Waals surface area (Å²) in [5, 5.41) is 0. The second kappa shape index (κ2) is 4.04. The van der Waals surface area contributed by atoms with Crippen molar-refractivity contribution in [1.29, 1.82) is 0 Å². The van der Waals surface area contributed by atoms with Crippen LogP contribution in [0.25, 0.3) is 0 Å². The molecule has 5 heteroatoms. The predicted molar refractivity (Wildman–Crippen MR) is 54.9 cm³/mol. The second-order valence-corrected chi connectivity index (χ2v) is 4.10. The number of cyclic esters (lactones) is 1. The van der Waals surface area contributed by atoms with Gasteiger partial charge >= 0.3 is 6.09 Å². The maximum Gasteiger partial charge on any atom is 0.410 e. The van der Waals surface area contributed by atoms with Crippen LogP contribution in [0.4, 0.5) is 4.79 Å². The lowest BCUT2D eigenvalue weighted by Gasteiger charge is -2.25. The van der Waals surface area contributed by atoms with Crippen molar-refractivity contribution in [2.75, 3.05) is 13.2 Å². The molecular weight excluding hydrogens is 248 g/mol. The highest BCUT2D eigenvalue weighted by molar-refractivity contribution is 9.10. The maximum absolute atomic E-state index is 11.3. The number of carbonyl (C=O) groups excluding carboxylic acids is 1. The van der Waals surface area contributed by atoms with Gasteiger partial charge in [0.25, 0.3) is 0 Å². The van der Waals surface area contributed by atoms with E-state index >= 15 is 0 Å². The third-order valence-electron chi connectivity index (χ3n) is 2.14. The standard InChI is InChI=1S/C9H11BrN2O2/c10-8-4-7(5-11-8)6-12-2-1-3-14-9(12)13/h4-5,11H,1-3,6H2. The van der Waals surface area contributed by atoms with Gasteiger partial charge in [-0.25, -0.2) is 4.79 Å². The molecule has 1 aromatic rings. The SMILES string of the molecule is O=C1OCCCN1Cc1c[nH]c(Br)c1. The number of ether oxygens (including phenoxy) is 1. The minimum atomic E-state index is -0.214. The molecule has 0 radical (unpaired) electrons. The molecule has 0 spiro atoms. The summed E-state index contributed by atoms with van der Waals surface area (Å²) in [7, 11) is 0. The normalized spacial score (nSPS) is 16.9. The van der Waals surface area contributed by atoms with E-state index in [1.165, 1.54) is 0 Å². The van der Waals surface area contributed by atoms with Gasteiger partial charge in [0.05, 0.1) is 17.8 Å². The van der Waals surface area contributed by atoms with E-state index in [9.17, 15) is 4.79 Å². The monoisotopic (exact) mass is 258 g/mol. The molecule has 0 unspecified atom stereocenters. The van der Waals surface area contributed by atoms with Crippen LogP contribution in [-0.4, -0.2) is 29.1 Å². The molecule has 0 saturated carbocycles. The van der Waals surface area contributed by atoms with E-state index < -0.39 is 0 Å².